The van der Waals surface area contributed by atoms with Crippen LogP contribution in [0.15, 0.2) is 43.0 Å². The van der Waals surface area contributed by atoms with Gasteiger partial charge in [-0.25, -0.2) is 0 Å². The molecule has 1 aromatic rings. The van der Waals surface area contributed by atoms with Crippen LogP contribution in [0.2, 0.25) is 0 Å². The molecule has 0 radical (unpaired) electrons. The summed E-state index contributed by atoms with van der Waals surface area (Å²) in [5, 5.41) is 0. The summed E-state index contributed by atoms with van der Waals surface area (Å²) in [5.74, 6) is 0.944. The van der Waals surface area contributed by atoms with E-state index in [0.29, 0.717) is 11.7 Å². The number of hydrogen-bond donors (Lipinski definition) is 0. The van der Waals surface area contributed by atoms with E-state index in [1.54, 1.807) is 0 Å². The Balaban J connectivity index is 1.90. The lowest BCUT2D eigenvalue weighted by molar-refractivity contribution is -0.153. The summed E-state index contributed by atoms with van der Waals surface area (Å²) < 4.78 is 6.26. The predicted octanol–water partition coefficient (Wildman–Crippen LogP) is 4.08. The molecule has 1 aliphatic heterocycles. The first-order valence-electron chi connectivity index (χ1n) is 7.63. The highest BCUT2D eigenvalue weighted by Gasteiger charge is 2.44. The van der Waals surface area contributed by atoms with Gasteiger partial charge in [-0.2, -0.15) is 0 Å². The number of fused-ring (bicyclic) bond motifs is 1. The summed E-state index contributed by atoms with van der Waals surface area (Å²) in [5.41, 5.74) is 1.14. The molecule has 1 aliphatic carbocycles. The van der Waals surface area contributed by atoms with Crippen molar-refractivity contribution in [1.29, 1.82) is 0 Å². The third-order valence-corrected chi connectivity index (χ3v) is 4.67. The van der Waals surface area contributed by atoms with E-state index < -0.39 is 0 Å². The molecule has 0 spiro atoms. The Hall–Kier alpha value is -1.41. The zero-order chi connectivity index (χ0) is 13.9. The van der Waals surface area contributed by atoms with Crippen LogP contribution in [-0.4, -0.2) is 11.9 Å². The van der Waals surface area contributed by atoms with Crippen molar-refractivity contribution in [2.45, 2.75) is 44.3 Å². The van der Waals surface area contributed by atoms with Crippen LogP contribution < -0.4 is 0 Å². The van der Waals surface area contributed by atoms with Crippen molar-refractivity contribution in [2.24, 2.45) is 11.8 Å². The van der Waals surface area contributed by atoms with Crippen LogP contribution >= 0.6 is 0 Å². The van der Waals surface area contributed by atoms with Crippen LogP contribution in [0.3, 0.4) is 0 Å². The maximum atomic E-state index is 12.4. The highest BCUT2D eigenvalue weighted by atomic mass is 16.5. The topological polar surface area (TPSA) is 26.3 Å². The molecule has 106 valence electrons. The van der Waals surface area contributed by atoms with E-state index in [1.165, 1.54) is 0 Å². The van der Waals surface area contributed by atoms with Crippen LogP contribution in [-0.2, 0) is 9.53 Å². The molecule has 0 N–H and O–H groups in total. The molecule has 1 saturated carbocycles. The van der Waals surface area contributed by atoms with Gasteiger partial charge in [0.15, 0.2) is 0 Å². The molecule has 1 aromatic carbocycles. The Kier molecular flexibility index (Phi) is 4.02. The van der Waals surface area contributed by atoms with E-state index in [0.717, 1.165) is 37.7 Å². The van der Waals surface area contributed by atoms with Crippen molar-refractivity contribution in [1.82, 2.24) is 0 Å². The lowest BCUT2D eigenvalue weighted by Gasteiger charge is -2.43. The smallest absolute Gasteiger partial charge is 0.139 e. The van der Waals surface area contributed by atoms with Gasteiger partial charge in [0, 0.05) is 6.42 Å². The highest BCUT2D eigenvalue weighted by molar-refractivity contribution is 5.83. The molecule has 1 saturated heterocycles. The van der Waals surface area contributed by atoms with E-state index in [-0.39, 0.29) is 18.1 Å². The van der Waals surface area contributed by atoms with Crippen LogP contribution in [0.4, 0.5) is 0 Å². The van der Waals surface area contributed by atoms with Crippen LogP contribution in [0, 0.1) is 11.8 Å². The van der Waals surface area contributed by atoms with E-state index in [9.17, 15) is 4.79 Å². The molecular formula is C18H22O2. The average Bonchev–Trinajstić information content (AvgIpc) is 2.48. The van der Waals surface area contributed by atoms with Crippen LogP contribution in [0.1, 0.15) is 43.8 Å². The van der Waals surface area contributed by atoms with Crippen molar-refractivity contribution < 1.29 is 9.53 Å². The summed E-state index contributed by atoms with van der Waals surface area (Å²) in [6.07, 6.45) is 6.89. The Morgan fingerprint density at radius 3 is 2.85 bits per heavy atom. The second-order valence-corrected chi connectivity index (χ2v) is 5.99. The second kappa shape index (κ2) is 5.92. The molecule has 2 heteroatoms. The fourth-order valence-corrected chi connectivity index (χ4v) is 3.78. The molecule has 3 rings (SSSR count). The number of Topliss-reactive ketones (excluding diaryl/α,β-unsaturated/α-hetero) is 1. The molecule has 4 atom stereocenters. The monoisotopic (exact) mass is 270 g/mol. The average molecular weight is 270 g/mol. The predicted molar refractivity (Wildman–Crippen MR) is 79.3 cm³/mol. The lowest BCUT2D eigenvalue weighted by atomic mass is 9.69. The molecule has 0 aromatic heterocycles. The molecule has 20 heavy (non-hydrogen) atoms. The van der Waals surface area contributed by atoms with Crippen molar-refractivity contribution in [3.05, 3.63) is 48.6 Å². The minimum absolute atomic E-state index is 0.0622. The third kappa shape index (κ3) is 2.57. The molecule has 0 bridgehead atoms. The first-order valence-corrected chi connectivity index (χ1v) is 7.63. The number of hydrogen-bond acceptors (Lipinski definition) is 2. The zero-order valence-electron chi connectivity index (χ0n) is 11.8. The number of benzene rings is 1. The Morgan fingerprint density at radius 1 is 1.30 bits per heavy atom. The largest absolute Gasteiger partial charge is 0.369 e. The van der Waals surface area contributed by atoms with Gasteiger partial charge in [-0.1, -0.05) is 36.4 Å². The van der Waals surface area contributed by atoms with E-state index in [2.05, 4.69) is 18.7 Å². The first kappa shape index (κ1) is 13.6. The lowest BCUT2D eigenvalue weighted by Crippen LogP contribution is -2.42. The standard InChI is InChI=1S/C18H22O2/c1-2-7-15-12-14-10-6-11-16(19)17(14)18(20-15)13-8-4-3-5-9-13/h2-5,8-9,14-15,17-18H,1,6-7,10-12H2/t14-,15+,17-,18-/m0/s1. The Bertz CT molecular complexity index is 479. The SMILES string of the molecule is C=CC[C@@H]1C[C@@H]2CCCC(=O)[C@H]2[C@H](c2ccccc2)O1. The van der Waals surface area contributed by atoms with Gasteiger partial charge in [-0.15, -0.1) is 6.58 Å². The molecular weight excluding hydrogens is 248 g/mol. The maximum absolute atomic E-state index is 12.4. The summed E-state index contributed by atoms with van der Waals surface area (Å²) in [7, 11) is 0. The molecule has 2 nitrogen and oxygen atoms in total. The Morgan fingerprint density at radius 2 is 2.10 bits per heavy atom. The molecule has 0 unspecified atom stereocenters. The van der Waals surface area contributed by atoms with Crippen LogP contribution in [0.25, 0.3) is 0 Å². The Labute approximate surface area is 120 Å². The number of rotatable bonds is 3. The summed E-state index contributed by atoms with van der Waals surface area (Å²) in [4.78, 5) is 12.4. The molecule has 2 fully saturated rings. The fraction of sp³-hybridized carbons (Fsp3) is 0.500. The summed E-state index contributed by atoms with van der Waals surface area (Å²) in [6, 6.07) is 10.2. The van der Waals surface area contributed by atoms with Crippen molar-refractivity contribution in [2.75, 3.05) is 0 Å². The quantitative estimate of drug-likeness (QED) is 0.774. The fourth-order valence-electron chi connectivity index (χ4n) is 3.78. The normalized spacial score (nSPS) is 33.5. The number of carbonyl (C=O) groups is 1. The summed E-state index contributed by atoms with van der Waals surface area (Å²) in [6.45, 7) is 3.82. The van der Waals surface area contributed by atoms with Crippen molar-refractivity contribution in [3.8, 4) is 0 Å². The first-order chi connectivity index (χ1) is 9.79. The van der Waals surface area contributed by atoms with Crippen molar-refractivity contribution in [3.63, 3.8) is 0 Å². The number of ether oxygens (including phenoxy) is 1. The minimum Gasteiger partial charge on any atom is -0.369 e. The molecule has 0 amide bonds. The van der Waals surface area contributed by atoms with E-state index in [4.69, 9.17) is 4.74 Å². The zero-order valence-corrected chi connectivity index (χ0v) is 11.8. The highest BCUT2D eigenvalue weighted by Crippen LogP contribution is 2.46. The van der Waals surface area contributed by atoms with Gasteiger partial charge in [0.1, 0.15) is 5.78 Å². The maximum Gasteiger partial charge on any atom is 0.139 e. The van der Waals surface area contributed by atoms with E-state index in [1.807, 2.05) is 24.3 Å². The minimum atomic E-state index is -0.0623. The van der Waals surface area contributed by atoms with Gasteiger partial charge in [-0.3, -0.25) is 4.79 Å². The van der Waals surface area contributed by atoms with Gasteiger partial charge >= 0.3 is 0 Å². The van der Waals surface area contributed by atoms with Gasteiger partial charge in [0.05, 0.1) is 18.1 Å². The van der Waals surface area contributed by atoms with Gasteiger partial charge in [0.2, 0.25) is 0 Å². The molecule has 1 heterocycles. The second-order valence-electron chi connectivity index (χ2n) is 5.99. The van der Waals surface area contributed by atoms with Gasteiger partial charge < -0.3 is 4.74 Å². The van der Waals surface area contributed by atoms with E-state index >= 15 is 0 Å². The van der Waals surface area contributed by atoms with Crippen LogP contribution in [0.5, 0.6) is 0 Å². The van der Waals surface area contributed by atoms with Crippen molar-refractivity contribution >= 4 is 5.78 Å². The summed E-state index contributed by atoms with van der Waals surface area (Å²) >= 11 is 0. The third-order valence-electron chi connectivity index (χ3n) is 4.67. The number of carbonyl (C=O) groups excluding carboxylic acids is 1. The molecule has 2 aliphatic rings. The van der Waals surface area contributed by atoms with Gasteiger partial charge in [0.25, 0.3) is 0 Å². The number of ketones is 1. The van der Waals surface area contributed by atoms with Gasteiger partial charge in [-0.05, 0) is 37.2 Å².